The highest BCUT2D eigenvalue weighted by molar-refractivity contribution is 9.13. The van der Waals surface area contributed by atoms with Crippen LogP contribution in [0.25, 0.3) is 10.9 Å². The van der Waals surface area contributed by atoms with Crippen molar-refractivity contribution in [3.8, 4) is 0 Å². The Balaban J connectivity index is 2.38. The first-order valence-electron chi connectivity index (χ1n) is 6.07. The Kier molecular flexibility index (Phi) is 5.05. The van der Waals surface area contributed by atoms with E-state index in [1.807, 2.05) is 6.07 Å². The molecule has 114 valence electrons. The van der Waals surface area contributed by atoms with Gasteiger partial charge in [0.25, 0.3) is 5.91 Å². The molecule has 0 aliphatic carbocycles. The molecule has 1 amide bonds. The highest BCUT2D eigenvalue weighted by Gasteiger charge is 2.31. The Morgan fingerprint density at radius 1 is 1.14 bits per heavy atom. The fourth-order valence-corrected chi connectivity index (χ4v) is 2.57. The largest absolute Gasteiger partial charge is 0.394 e. The van der Waals surface area contributed by atoms with Gasteiger partial charge in [-0.15, -0.1) is 0 Å². The number of nitrogens with one attached hydrogen (secondary N) is 2. The number of aromatic nitrogens is 1. The molecule has 0 saturated heterocycles. The summed E-state index contributed by atoms with van der Waals surface area (Å²) in [6, 6.07) is 3.61. The molecule has 0 fully saturated rings. The van der Waals surface area contributed by atoms with Crippen LogP contribution in [0.3, 0.4) is 0 Å². The first kappa shape index (κ1) is 16.4. The van der Waals surface area contributed by atoms with Crippen LogP contribution in [0, 0.1) is 0 Å². The summed E-state index contributed by atoms with van der Waals surface area (Å²) in [6.45, 7) is -1.70. The number of carbonyl (C=O) groups excluding carboxylic acids is 1. The van der Waals surface area contributed by atoms with Gasteiger partial charge in [0, 0.05) is 26.0 Å². The van der Waals surface area contributed by atoms with Gasteiger partial charge >= 0.3 is 0 Å². The summed E-state index contributed by atoms with van der Waals surface area (Å²) < 4.78 is 1.64. The molecule has 6 nitrogen and oxygen atoms in total. The van der Waals surface area contributed by atoms with Crippen molar-refractivity contribution in [3.63, 3.8) is 0 Å². The van der Waals surface area contributed by atoms with E-state index in [4.69, 9.17) is 0 Å². The normalized spacial score (nSPS) is 11.9. The molecular formula is C13H14Br2N2O4. The lowest BCUT2D eigenvalue weighted by Crippen LogP contribution is -2.57. The van der Waals surface area contributed by atoms with Crippen LogP contribution in [0.2, 0.25) is 0 Å². The predicted octanol–water partition coefficient (Wildman–Crippen LogP) is 1.14. The lowest BCUT2D eigenvalue weighted by atomic mass is 10.0. The molecule has 2 aromatic rings. The van der Waals surface area contributed by atoms with Gasteiger partial charge in [0.2, 0.25) is 0 Å². The number of hydrogen-bond donors (Lipinski definition) is 5. The maximum atomic E-state index is 12.3. The van der Waals surface area contributed by atoms with E-state index < -0.39 is 31.3 Å². The van der Waals surface area contributed by atoms with Crippen molar-refractivity contribution < 1.29 is 20.1 Å². The van der Waals surface area contributed by atoms with Gasteiger partial charge in [0.15, 0.2) is 0 Å². The molecule has 0 aliphatic rings. The summed E-state index contributed by atoms with van der Waals surface area (Å²) in [5.74, 6) is -0.493. The van der Waals surface area contributed by atoms with E-state index >= 15 is 0 Å². The molecule has 0 spiro atoms. The molecule has 21 heavy (non-hydrogen) atoms. The van der Waals surface area contributed by atoms with Crippen LogP contribution in [0.4, 0.5) is 0 Å². The summed E-state index contributed by atoms with van der Waals surface area (Å²) in [5.41, 5.74) is -0.330. The van der Waals surface area contributed by atoms with Crippen molar-refractivity contribution in [2.45, 2.75) is 5.54 Å². The minimum atomic E-state index is -1.45. The minimum absolute atomic E-state index is 0.359. The summed E-state index contributed by atoms with van der Waals surface area (Å²) >= 11 is 6.75. The van der Waals surface area contributed by atoms with E-state index in [0.29, 0.717) is 10.9 Å². The number of halogens is 2. The van der Waals surface area contributed by atoms with E-state index in [9.17, 15) is 20.1 Å². The highest BCUT2D eigenvalue weighted by atomic mass is 79.9. The topological polar surface area (TPSA) is 106 Å². The second-order valence-electron chi connectivity index (χ2n) is 4.72. The molecule has 0 radical (unpaired) electrons. The fraction of sp³-hybridized carbons (Fsp3) is 0.308. The number of amides is 1. The van der Waals surface area contributed by atoms with Gasteiger partial charge in [0.05, 0.1) is 25.4 Å². The van der Waals surface area contributed by atoms with Crippen LogP contribution < -0.4 is 5.32 Å². The number of H-pyrrole nitrogens is 1. The molecule has 2 rings (SSSR count). The summed E-state index contributed by atoms with van der Waals surface area (Å²) in [6.07, 6.45) is 1.54. The van der Waals surface area contributed by atoms with Gasteiger partial charge in [-0.2, -0.15) is 0 Å². The Hall–Kier alpha value is -0.930. The van der Waals surface area contributed by atoms with E-state index in [1.54, 1.807) is 6.07 Å². The first-order chi connectivity index (χ1) is 9.96. The summed E-state index contributed by atoms with van der Waals surface area (Å²) in [5, 5.41) is 30.9. The van der Waals surface area contributed by atoms with Crippen LogP contribution in [-0.2, 0) is 0 Å². The number of carbonyl (C=O) groups is 1. The molecule has 1 heterocycles. The Labute approximate surface area is 137 Å². The molecule has 0 bridgehead atoms. The minimum Gasteiger partial charge on any atom is -0.394 e. The Morgan fingerprint density at radius 3 is 2.29 bits per heavy atom. The van der Waals surface area contributed by atoms with Gasteiger partial charge in [-0.1, -0.05) is 0 Å². The monoisotopic (exact) mass is 420 g/mol. The van der Waals surface area contributed by atoms with Gasteiger partial charge in [-0.05, 0) is 44.0 Å². The fourth-order valence-electron chi connectivity index (χ4n) is 1.88. The molecule has 0 unspecified atom stereocenters. The van der Waals surface area contributed by atoms with Crippen molar-refractivity contribution in [1.82, 2.24) is 10.3 Å². The van der Waals surface area contributed by atoms with Crippen LogP contribution in [0.5, 0.6) is 0 Å². The predicted molar refractivity (Wildman–Crippen MR) is 85.2 cm³/mol. The number of aliphatic hydroxyl groups excluding tert-OH is 3. The number of aliphatic hydroxyl groups is 3. The number of aromatic amines is 1. The second-order valence-corrected chi connectivity index (χ2v) is 6.43. The van der Waals surface area contributed by atoms with Crippen LogP contribution >= 0.6 is 31.9 Å². The third kappa shape index (κ3) is 3.14. The summed E-state index contributed by atoms with van der Waals surface area (Å²) in [7, 11) is 0. The molecule has 0 saturated carbocycles. The lowest BCUT2D eigenvalue weighted by Gasteiger charge is -2.28. The van der Waals surface area contributed by atoms with Gasteiger partial charge in [-0.25, -0.2) is 0 Å². The quantitative estimate of drug-likeness (QED) is 0.499. The Bertz CT molecular complexity index is 659. The zero-order chi connectivity index (χ0) is 15.6. The van der Waals surface area contributed by atoms with Crippen LogP contribution in [-0.4, -0.2) is 51.6 Å². The molecule has 8 heteroatoms. The van der Waals surface area contributed by atoms with Crippen molar-refractivity contribution >= 4 is 48.7 Å². The SMILES string of the molecule is O=C(NC(CO)(CO)CO)c1c[nH]c2cc(Br)c(Br)cc12. The first-order valence-corrected chi connectivity index (χ1v) is 7.66. The van der Waals surface area contributed by atoms with Crippen LogP contribution in [0.15, 0.2) is 27.3 Å². The van der Waals surface area contributed by atoms with E-state index in [0.717, 1.165) is 14.5 Å². The number of fused-ring (bicyclic) bond motifs is 1. The molecule has 1 aromatic carbocycles. The molecule has 5 N–H and O–H groups in total. The van der Waals surface area contributed by atoms with Crippen molar-refractivity contribution in [2.24, 2.45) is 0 Å². The van der Waals surface area contributed by atoms with E-state index in [2.05, 4.69) is 42.2 Å². The van der Waals surface area contributed by atoms with Gasteiger partial charge in [-0.3, -0.25) is 4.79 Å². The molecule has 0 atom stereocenters. The van der Waals surface area contributed by atoms with Crippen molar-refractivity contribution in [3.05, 3.63) is 32.8 Å². The standard InChI is InChI=1S/C13H14Br2N2O4/c14-9-1-7-8(3-16-11(7)2-10(9)15)12(21)17-13(4-18,5-19)6-20/h1-3,16,18-20H,4-6H2,(H,17,21). The smallest absolute Gasteiger partial charge is 0.254 e. The molecular weight excluding hydrogens is 408 g/mol. The maximum Gasteiger partial charge on any atom is 0.254 e. The van der Waals surface area contributed by atoms with Gasteiger partial charge < -0.3 is 25.6 Å². The van der Waals surface area contributed by atoms with Crippen LogP contribution in [0.1, 0.15) is 10.4 Å². The molecule has 0 aliphatic heterocycles. The average Bonchev–Trinajstić information content (AvgIpc) is 2.88. The number of rotatable bonds is 5. The Morgan fingerprint density at radius 2 is 1.71 bits per heavy atom. The zero-order valence-electron chi connectivity index (χ0n) is 10.9. The maximum absolute atomic E-state index is 12.3. The van der Waals surface area contributed by atoms with E-state index in [-0.39, 0.29) is 0 Å². The lowest BCUT2D eigenvalue weighted by molar-refractivity contribution is 0.0376. The third-order valence-corrected chi connectivity index (χ3v) is 5.10. The second kappa shape index (κ2) is 6.45. The number of benzene rings is 1. The average molecular weight is 422 g/mol. The van der Waals surface area contributed by atoms with E-state index in [1.165, 1.54) is 6.20 Å². The molecule has 1 aromatic heterocycles. The highest BCUT2D eigenvalue weighted by Crippen LogP contribution is 2.30. The van der Waals surface area contributed by atoms with Gasteiger partial charge in [0.1, 0.15) is 5.54 Å². The van der Waals surface area contributed by atoms with Crippen molar-refractivity contribution in [2.75, 3.05) is 19.8 Å². The number of hydrogen-bond acceptors (Lipinski definition) is 4. The summed E-state index contributed by atoms with van der Waals surface area (Å²) in [4.78, 5) is 15.3. The van der Waals surface area contributed by atoms with Crippen molar-refractivity contribution in [1.29, 1.82) is 0 Å². The zero-order valence-corrected chi connectivity index (χ0v) is 14.0. The third-order valence-electron chi connectivity index (χ3n) is 3.25.